The molecule has 2 rings (SSSR count). The van der Waals surface area contributed by atoms with Gasteiger partial charge in [0.1, 0.15) is 0 Å². The van der Waals surface area contributed by atoms with Crippen molar-refractivity contribution in [3.8, 4) is 0 Å². The van der Waals surface area contributed by atoms with Crippen molar-refractivity contribution in [1.29, 1.82) is 0 Å². The first-order valence-electron chi connectivity index (χ1n) is 5.43. The Labute approximate surface area is 100 Å². The molecule has 1 aliphatic rings. The second-order valence-electron chi connectivity index (χ2n) is 3.96. The third-order valence-corrected chi connectivity index (χ3v) is 3.85. The molecule has 0 spiro atoms. The minimum atomic E-state index is 0.00125. The number of nitrogens with one attached hydrogen (secondary N) is 1. The summed E-state index contributed by atoms with van der Waals surface area (Å²) in [5, 5.41) is 3.20. The number of carbonyl (C=O) groups is 1. The Balaban J connectivity index is 1.99. The number of benzene rings is 1. The minimum absolute atomic E-state index is 0.00125. The molecule has 0 radical (unpaired) electrons. The van der Waals surface area contributed by atoms with Crippen LogP contribution in [0.3, 0.4) is 0 Å². The van der Waals surface area contributed by atoms with E-state index in [9.17, 15) is 4.79 Å². The van der Waals surface area contributed by atoms with Crippen LogP contribution < -0.4 is 5.32 Å². The van der Waals surface area contributed by atoms with Gasteiger partial charge in [-0.2, -0.15) is 0 Å². The van der Waals surface area contributed by atoms with Crippen LogP contribution in [0.1, 0.15) is 12.5 Å². The number of urea groups is 1. The fraction of sp³-hybridized carbons (Fsp3) is 0.417. The van der Waals surface area contributed by atoms with Crippen molar-refractivity contribution in [2.75, 3.05) is 17.6 Å². The quantitative estimate of drug-likeness (QED) is 0.813. The summed E-state index contributed by atoms with van der Waals surface area (Å²) in [6.45, 7) is 4.93. The van der Waals surface area contributed by atoms with Crippen molar-refractivity contribution in [2.45, 2.75) is 19.2 Å². The predicted molar refractivity (Wildman–Crippen MR) is 68.8 cm³/mol. The van der Waals surface area contributed by atoms with E-state index in [1.807, 2.05) is 47.9 Å². The molecule has 1 aromatic carbocycles. The third-order valence-electron chi connectivity index (χ3n) is 2.69. The van der Waals surface area contributed by atoms with Gasteiger partial charge in [-0.1, -0.05) is 17.7 Å². The maximum absolute atomic E-state index is 11.9. The van der Waals surface area contributed by atoms with Gasteiger partial charge in [-0.05, 0) is 26.0 Å². The first-order valence-corrected chi connectivity index (χ1v) is 6.47. The van der Waals surface area contributed by atoms with E-state index in [1.165, 1.54) is 5.56 Å². The highest BCUT2D eigenvalue weighted by Crippen LogP contribution is 2.23. The number of anilines is 1. The molecule has 2 amide bonds. The van der Waals surface area contributed by atoms with E-state index in [0.29, 0.717) is 0 Å². The standard InChI is InChI=1S/C12H16N2OS/c1-9-3-5-11(6-4-9)13-12(15)14-7-8-16-10(14)2/h3-6,10H,7-8H2,1-2H3,(H,13,15). The molecule has 4 heteroatoms. The summed E-state index contributed by atoms with van der Waals surface area (Å²) in [6.07, 6.45) is 0. The van der Waals surface area contributed by atoms with E-state index in [4.69, 9.17) is 0 Å². The summed E-state index contributed by atoms with van der Waals surface area (Å²) in [5.41, 5.74) is 2.06. The molecule has 1 fully saturated rings. The summed E-state index contributed by atoms with van der Waals surface area (Å²) >= 11 is 1.81. The van der Waals surface area contributed by atoms with Crippen molar-refractivity contribution in [2.24, 2.45) is 0 Å². The molecule has 1 aromatic rings. The van der Waals surface area contributed by atoms with Gasteiger partial charge in [-0.3, -0.25) is 0 Å². The van der Waals surface area contributed by atoms with Crippen molar-refractivity contribution in [1.82, 2.24) is 4.90 Å². The maximum atomic E-state index is 11.9. The largest absolute Gasteiger partial charge is 0.322 e. The molecule has 1 aliphatic heterocycles. The Kier molecular flexibility index (Phi) is 3.39. The lowest BCUT2D eigenvalue weighted by molar-refractivity contribution is 0.216. The average Bonchev–Trinajstić information content (AvgIpc) is 2.68. The van der Waals surface area contributed by atoms with Gasteiger partial charge < -0.3 is 10.2 Å². The SMILES string of the molecule is Cc1ccc(NC(=O)N2CCSC2C)cc1. The van der Waals surface area contributed by atoms with Gasteiger partial charge in [0.15, 0.2) is 0 Å². The summed E-state index contributed by atoms with van der Waals surface area (Å²) in [6, 6.07) is 7.86. The van der Waals surface area contributed by atoms with Crippen LogP contribution in [0.15, 0.2) is 24.3 Å². The fourth-order valence-electron chi connectivity index (χ4n) is 1.69. The van der Waals surface area contributed by atoms with Gasteiger partial charge in [0, 0.05) is 18.0 Å². The van der Waals surface area contributed by atoms with Crippen LogP contribution in [-0.4, -0.2) is 28.6 Å². The lowest BCUT2D eigenvalue weighted by Gasteiger charge is -2.20. The van der Waals surface area contributed by atoms with Gasteiger partial charge in [0.2, 0.25) is 0 Å². The first-order chi connectivity index (χ1) is 7.66. The highest BCUT2D eigenvalue weighted by Gasteiger charge is 2.25. The third kappa shape index (κ3) is 2.50. The zero-order valence-electron chi connectivity index (χ0n) is 9.56. The van der Waals surface area contributed by atoms with Gasteiger partial charge in [0.05, 0.1) is 5.37 Å². The molecule has 1 atom stereocenters. The number of thioether (sulfide) groups is 1. The molecular weight excluding hydrogens is 220 g/mol. The van der Waals surface area contributed by atoms with Gasteiger partial charge in [-0.25, -0.2) is 4.79 Å². The van der Waals surface area contributed by atoms with E-state index >= 15 is 0 Å². The minimum Gasteiger partial charge on any atom is -0.312 e. The molecule has 0 aliphatic carbocycles. The van der Waals surface area contributed by atoms with Crippen LogP contribution in [0, 0.1) is 6.92 Å². The fourth-order valence-corrected chi connectivity index (χ4v) is 2.72. The van der Waals surface area contributed by atoms with E-state index in [-0.39, 0.29) is 11.4 Å². The second kappa shape index (κ2) is 4.78. The Hall–Kier alpha value is -1.16. The topological polar surface area (TPSA) is 32.3 Å². The van der Waals surface area contributed by atoms with Crippen LogP contribution in [0.2, 0.25) is 0 Å². The molecule has 1 heterocycles. The smallest absolute Gasteiger partial charge is 0.312 e. The van der Waals surface area contributed by atoms with Crippen molar-refractivity contribution in [3.63, 3.8) is 0 Å². The van der Waals surface area contributed by atoms with Crippen molar-refractivity contribution in [3.05, 3.63) is 29.8 Å². The lowest BCUT2D eigenvalue weighted by atomic mass is 10.2. The van der Waals surface area contributed by atoms with E-state index in [0.717, 1.165) is 18.0 Å². The number of nitrogens with zero attached hydrogens (tertiary/aromatic N) is 1. The van der Waals surface area contributed by atoms with Crippen LogP contribution in [0.5, 0.6) is 0 Å². The lowest BCUT2D eigenvalue weighted by Crippen LogP contribution is -2.36. The molecule has 0 saturated carbocycles. The maximum Gasteiger partial charge on any atom is 0.322 e. The normalized spacial score (nSPS) is 19.9. The molecule has 86 valence electrons. The molecular formula is C12H16N2OS. The van der Waals surface area contributed by atoms with E-state index in [1.54, 1.807) is 0 Å². The molecule has 16 heavy (non-hydrogen) atoms. The van der Waals surface area contributed by atoms with Crippen molar-refractivity contribution >= 4 is 23.5 Å². The highest BCUT2D eigenvalue weighted by molar-refractivity contribution is 8.00. The molecule has 1 saturated heterocycles. The van der Waals surface area contributed by atoms with Crippen molar-refractivity contribution < 1.29 is 4.79 Å². The molecule has 3 nitrogen and oxygen atoms in total. The predicted octanol–water partition coefficient (Wildman–Crippen LogP) is 2.92. The van der Waals surface area contributed by atoms with Crippen LogP contribution in [-0.2, 0) is 0 Å². The Morgan fingerprint density at radius 1 is 1.44 bits per heavy atom. The Morgan fingerprint density at radius 2 is 2.12 bits per heavy atom. The summed E-state index contributed by atoms with van der Waals surface area (Å²) in [5.74, 6) is 1.03. The molecule has 0 aromatic heterocycles. The summed E-state index contributed by atoms with van der Waals surface area (Å²) in [4.78, 5) is 13.8. The van der Waals surface area contributed by atoms with Gasteiger partial charge in [-0.15, -0.1) is 11.8 Å². The van der Waals surface area contributed by atoms with E-state index in [2.05, 4.69) is 12.2 Å². The monoisotopic (exact) mass is 236 g/mol. The number of amides is 2. The van der Waals surface area contributed by atoms with Crippen LogP contribution >= 0.6 is 11.8 Å². The number of carbonyl (C=O) groups excluding carboxylic acids is 1. The Bertz CT molecular complexity index is 377. The highest BCUT2D eigenvalue weighted by atomic mass is 32.2. The molecule has 1 N–H and O–H groups in total. The average molecular weight is 236 g/mol. The zero-order chi connectivity index (χ0) is 11.5. The molecule has 1 unspecified atom stereocenters. The number of hydrogen-bond donors (Lipinski definition) is 1. The summed E-state index contributed by atoms with van der Waals surface area (Å²) < 4.78 is 0. The summed E-state index contributed by atoms with van der Waals surface area (Å²) in [7, 11) is 0. The van der Waals surface area contributed by atoms with Crippen LogP contribution in [0.25, 0.3) is 0 Å². The van der Waals surface area contributed by atoms with Gasteiger partial charge >= 0.3 is 6.03 Å². The molecule has 0 bridgehead atoms. The number of hydrogen-bond acceptors (Lipinski definition) is 2. The second-order valence-corrected chi connectivity index (χ2v) is 5.38. The number of aryl methyl sites for hydroxylation is 1. The Morgan fingerprint density at radius 3 is 2.69 bits per heavy atom. The van der Waals surface area contributed by atoms with Gasteiger partial charge in [0.25, 0.3) is 0 Å². The first kappa shape index (κ1) is 11.3. The number of rotatable bonds is 1. The van der Waals surface area contributed by atoms with Crippen LogP contribution in [0.4, 0.5) is 10.5 Å². The zero-order valence-corrected chi connectivity index (χ0v) is 10.4. The van der Waals surface area contributed by atoms with E-state index < -0.39 is 0 Å².